The van der Waals surface area contributed by atoms with Crippen LogP contribution in [0.5, 0.6) is 0 Å². The first-order valence-electron chi connectivity index (χ1n) is 14.1. The van der Waals surface area contributed by atoms with Crippen LogP contribution in [0.4, 0.5) is 4.39 Å². The first kappa shape index (κ1) is 28.9. The van der Waals surface area contributed by atoms with E-state index in [-0.39, 0.29) is 69.0 Å². The Morgan fingerprint density at radius 3 is 2.07 bits per heavy atom. The molecule has 2 aliphatic rings. The standard InChI is InChI=1S/C32H34FN5O4/c33-26-14-11-25(12-15-26)20-36-22-31(41)37-27(16-17-28(34)39)32(42)35(19-24-9-5-2-6-10-24)21-29(37)38(36)30(40)18-13-23-7-3-1-4-8-23/h1-12,14-15,27,29H,13,16-22H2,(H2,34,39)/t27-,29-/m0/s1. The number of nitrogens with two attached hydrogens (primary N) is 1. The molecule has 2 fully saturated rings. The van der Waals surface area contributed by atoms with Crippen LogP contribution in [-0.4, -0.2) is 68.7 Å². The molecule has 4 amide bonds. The van der Waals surface area contributed by atoms with Crippen LogP contribution in [0.1, 0.15) is 36.0 Å². The van der Waals surface area contributed by atoms with E-state index >= 15 is 0 Å². The van der Waals surface area contributed by atoms with Crippen molar-refractivity contribution in [3.05, 3.63) is 107 Å². The predicted octanol–water partition coefficient (Wildman–Crippen LogP) is 2.85. The average Bonchev–Trinajstić information content (AvgIpc) is 2.98. The summed E-state index contributed by atoms with van der Waals surface area (Å²) >= 11 is 0. The molecule has 9 nitrogen and oxygen atoms in total. The lowest BCUT2D eigenvalue weighted by Gasteiger charge is -2.55. The van der Waals surface area contributed by atoms with Gasteiger partial charge < -0.3 is 15.5 Å². The van der Waals surface area contributed by atoms with Crippen molar-refractivity contribution in [3.63, 3.8) is 0 Å². The topological polar surface area (TPSA) is 107 Å². The number of carbonyl (C=O) groups excluding carboxylic acids is 4. The number of benzene rings is 3. The number of piperazine rings is 1. The Bertz CT molecular complexity index is 1420. The molecule has 218 valence electrons. The zero-order valence-electron chi connectivity index (χ0n) is 23.3. The smallest absolute Gasteiger partial charge is 0.245 e. The van der Waals surface area contributed by atoms with Crippen LogP contribution in [0.3, 0.4) is 0 Å². The maximum atomic E-state index is 14.0. The fourth-order valence-electron chi connectivity index (χ4n) is 5.71. The first-order valence-corrected chi connectivity index (χ1v) is 14.1. The zero-order valence-corrected chi connectivity index (χ0v) is 23.3. The zero-order chi connectivity index (χ0) is 29.6. The van der Waals surface area contributed by atoms with Crippen LogP contribution in [0.25, 0.3) is 0 Å². The number of carbonyl (C=O) groups is 4. The minimum atomic E-state index is -0.940. The average molecular weight is 572 g/mol. The van der Waals surface area contributed by atoms with E-state index in [4.69, 9.17) is 5.73 Å². The summed E-state index contributed by atoms with van der Waals surface area (Å²) in [5.74, 6) is -1.76. The number of nitrogens with zero attached hydrogens (tertiary/aromatic N) is 4. The highest BCUT2D eigenvalue weighted by Crippen LogP contribution is 2.31. The van der Waals surface area contributed by atoms with E-state index in [1.807, 2.05) is 60.7 Å². The molecule has 0 bridgehead atoms. The molecule has 0 radical (unpaired) electrons. The lowest BCUT2D eigenvalue weighted by molar-refractivity contribution is -0.209. The SMILES string of the molecule is NC(=O)CC[C@H]1C(=O)N(Cc2ccccc2)C[C@H]2N1C(=O)CN(Cc1ccc(F)cc1)N2C(=O)CCc1ccccc1. The van der Waals surface area contributed by atoms with Gasteiger partial charge in [0.25, 0.3) is 0 Å². The van der Waals surface area contributed by atoms with E-state index in [1.54, 1.807) is 27.1 Å². The van der Waals surface area contributed by atoms with Gasteiger partial charge in [-0.15, -0.1) is 0 Å². The fourth-order valence-corrected chi connectivity index (χ4v) is 5.71. The van der Waals surface area contributed by atoms with Gasteiger partial charge in [-0.3, -0.25) is 19.2 Å². The van der Waals surface area contributed by atoms with Crippen LogP contribution in [0.2, 0.25) is 0 Å². The van der Waals surface area contributed by atoms with E-state index < -0.39 is 18.1 Å². The Labute approximate surface area is 244 Å². The normalized spacial score (nSPS) is 19.1. The molecule has 5 rings (SSSR count). The third-order valence-corrected chi connectivity index (χ3v) is 7.71. The molecule has 0 unspecified atom stereocenters. The molecule has 2 atom stereocenters. The summed E-state index contributed by atoms with van der Waals surface area (Å²) in [5, 5.41) is 3.28. The quantitative estimate of drug-likeness (QED) is 0.403. The molecule has 0 saturated carbocycles. The van der Waals surface area contributed by atoms with E-state index in [9.17, 15) is 23.6 Å². The highest BCUT2D eigenvalue weighted by Gasteiger charge is 2.51. The van der Waals surface area contributed by atoms with Crippen molar-refractivity contribution in [2.45, 2.75) is 51.0 Å². The molecule has 3 aromatic rings. The maximum Gasteiger partial charge on any atom is 0.245 e. The number of aryl methyl sites for hydroxylation is 1. The highest BCUT2D eigenvalue weighted by molar-refractivity contribution is 5.92. The van der Waals surface area contributed by atoms with E-state index in [0.717, 1.165) is 16.7 Å². The van der Waals surface area contributed by atoms with Crippen molar-refractivity contribution in [3.8, 4) is 0 Å². The predicted molar refractivity (Wildman–Crippen MR) is 153 cm³/mol. The molecule has 0 aliphatic carbocycles. The Morgan fingerprint density at radius 1 is 0.810 bits per heavy atom. The number of halogens is 1. The monoisotopic (exact) mass is 571 g/mol. The second-order valence-corrected chi connectivity index (χ2v) is 10.7. The molecule has 0 aromatic heterocycles. The summed E-state index contributed by atoms with van der Waals surface area (Å²) in [6.45, 7) is 0.439. The number of hydrogen-bond acceptors (Lipinski definition) is 5. The minimum Gasteiger partial charge on any atom is -0.370 e. The highest BCUT2D eigenvalue weighted by atomic mass is 19.1. The number of hydrazine groups is 1. The van der Waals surface area contributed by atoms with Crippen LogP contribution >= 0.6 is 0 Å². The van der Waals surface area contributed by atoms with Gasteiger partial charge in [-0.05, 0) is 41.7 Å². The van der Waals surface area contributed by atoms with Crippen molar-refractivity contribution in [2.75, 3.05) is 13.1 Å². The largest absolute Gasteiger partial charge is 0.370 e. The first-order chi connectivity index (χ1) is 20.3. The Kier molecular flexibility index (Phi) is 8.92. The van der Waals surface area contributed by atoms with Crippen LogP contribution in [0.15, 0.2) is 84.9 Å². The molecule has 2 N–H and O–H groups in total. The molecule has 2 saturated heterocycles. The van der Waals surface area contributed by atoms with Crippen molar-refractivity contribution in [1.82, 2.24) is 19.8 Å². The number of amides is 4. The lowest BCUT2D eigenvalue weighted by atomic mass is 10.0. The van der Waals surface area contributed by atoms with Gasteiger partial charge in [-0.1, -0.05) is 72.8 Å². The van der Waals surface area contributed by atoms with E-state index in [2.05, 4.69) is 0 Å². The van der Waals surface area contributed by atoms with Crippen LogP contribution in [-0.2, 0) is 38.7 Å². The molecular weight excluding hydrogens is 537 g/mol. The minimum absolute atomic E-state index is 0.0612. The maximum absolute atomic E-state index is 14.0. The molecule has 2 aliphatic heterocycles. The summed E-state index contributed by atoms with van der Waals surface area (Å²) in [7, 11) is 0. The van der Waals surface area contributed by atoms with E-state index in [1.165, 1.54) is 17.0 Å². The van der Waals surface area contributed by atoms with Crippen molar-refractivity contribution in [1.29, 1.82) is 0 Å². The van der Waals surface area contributed by atoms with Crippen molar-refractivity contribution in [2.24, 2.45) is 5.73 Å². The molecule has 0 spiro atoms. The van der Waals surface area contributed by atoms with Gasteiger partial charge in [0, 0.05) is 25.9 Å². The molecule has 2 heterocycles. The summed E-state index contributed by atoms with van der Waals surface area (Å²) in [6.07, 6.45) is -0.117. The van der Waals surface area contributed by atoms with Gasteiger partial charge >= 0.3 is 0 Å². The number of rotatable bonds is 10. The third-order valence-electron chi connectivity index (χ3n) is 7.71. The van der Waals surface area contributed by atoms with E-state index in [0.29, 0.717) is 6.42 Å². The second-order valence-electron chi connectivity index (χ2n) is 10.7. The van der Waals surface area contributed by atoms with Crippen LogP contribution in [0, 0.1) is 5.82 Å². The Morgan fingerprint density at radius 2 is 1.43 bits per heavy atom. The number of fused-ring (bicyclic) bond motifs is 1. The summed E-state index contributed by atoms with van der Waals surface area (Å²) in [5.41, 5.74) is 8.08. The third kappa shape index (κ3) is 6.66. The van der Waals surface area contributed by atoms with Crippen molar-refractivity contribution < 1.29 is 23.6 Å². The number of primary amides is 1. The second kappa shape index (κ2) is 12.9. The molecule has 3 aromatic carbocycles. The summed E-state index contributed by atoms with van der Waals surface area (Å²) in [6, 6.07) is 24.1. The summed E-state index contributed by atoms with van der Waals surface area (Å²) < 4.78 is 13.6. The van der Waals surface area contributed by atoms with Gasteiger partial charge in [0.05, 0.1) is 13.1 Å². The van der Waals surface area contributed by atoms with Gasteiger partial charge in [0.1, 0.15) is 18.0 Å². The van der Waals surface area contributed by atoms with Crippen LogP contribution < -0.4 is 5.73 Å². The lowest BCUT2D eigenvalue weighted by Crippen LogP contribution is -2.75. The van der Waals surface area contributed by atoms with Gasteiger partial charge in [-0.25, -0.2) is 14.4 Å². The van der Waals surface area contributed by atoms with Gasteiger partial charge in [0.15, 0.2) is 0 Å². The van der Waals surface area contributed by atoms with Crippen molar-refractivity contribution >= 4 is 23.6 Å². The van der Waals surface area contributed by atoms with Gasteiger partial charge in [-0.2, -0.15) is 0 Å². The summed E-state index contributed by atoms with van der Waals surface area (Å²) in [4.78, 5) is 56.3. The Hall–Kier alpha value is -4.57. The van der Waals surface area contributed by atoms with Gasteiger partial charge in [0.2, 0.25) is 23.6 Å². The fraction of sp³-hybridized carbons (Fsp3) is 0.312. The molecule has 10 heteroatoms. The Balaban J connectivity index is 1.49. The molecular formula is C32H34FN5O4. The number of hydrogen-bond donors (Lipinski definition) is 1. The molecule has 42 heavy (non-hydrogen) atoms.